The smallest absolute Gasteiger partial charge is 0.345 e. The lowest BCUT2D eigenvalue weighted by Crippen LogP contribution is -2.30. The summed E-state index contributed by atoms with van der Waals surface area (Å²) in [4.78, 5) is 11.6. The van der Waals surface area contributed by atoms with Crippen molar-refractivity contribution >= 4 is 29.2 Å². The molecule has 3 nitrogen and oxygen atoms in total. The Morgan fingerprint density at radius 1 is 1.22 bits per heavy atom. The average molecular weight is 353 g/mol. The number of carboxylic acids is 1. The minimum atomic E-state index is -1.04. The van der Waals surface area contributed by atoms with Crippen molar-refractivity contribution in [1.82, 2.24) is 0 Å². The molecule has 0 spiro atoms. The lowest BCUT2D eigenvalue weighted by atomic mass is 10.0. The maximum absolute atomic E-state index is 11.6. The number of halogens is 2. The Morgan fingerprint density at radius 2 is 1.91 bits per heavy atom. The van der Waals surface area contributed by atoms with Crippen molar-refractivity contribution < 1.29 is 14.6 Å². The highest BCUT2D eigenvalue weighted by Gasteiger charge is 2.23. The largest absolute Gasteiger partial charge is 0.478 e. The molecular formula is C18H18Cl2O3. The number of aliphatic carboxylic acids is 1. The third-order valence-corrected chi connectivity index (χ3v) is 4.60. The van der Waals surface area contributed by atoms with Gasteiger partial charge in [-0.15, -0.1) is 0 Å². The van der Waals surface area contributed by atoms with Gasteiger partial charge in [-0.25, -0.2) is 4.79 Å². The standard InChI is InChI=1S/C18H18Cl2O3/c1-10-7-11(2)12(3)15(8-10)23-16(18(21)22)9-13-5-4-6-14(19)17(13)20/h4-8,16H,9H2,1-3H3,(H,21,22)/t16-/m1/s1. The summed E-state index contributed by atoms with van der Waals surface area (Å²) in [5.41, 5.74) is 3.66. The molecule has 0 aliphatic carbocycles. The molecule has 1 atom stereocenters. The molecule has 0 aromatic heterocycles. The Hall–Kier alpha value is -1.71. The number of carbonyl (C=O) groups is 1. The molecule has 0 saturated heterocycles. The van der Waals surface area contributed by atoms with E-state index in [1.807, 2.05) is 32.9 Å². The van der Waals surface area contributed by atoms with E-state index in [4.69, 9.17) is 27.9 Å². The number of aryl methyl sites for hydroxylation is 2. The van der Waals surface area contributed by atoms with Crippen LogP contribution in [0.3, 0.4) is 0 Å². The first-order valence-electron chi connectivity index (χ1n) is 7.19. The summed E-state index contributed by atoms with van der Waals surface area (Å²) in [5.74, 6) is -0.465. The third-order valence-electron chi connectivity index (χ3n) is 3.75. The van der Waals surface area contributed by atoms with Crippen LogP contribution in [0.1, 0.15) is 22.3 Å². The van der Waals surface area contributed by atoms with Gasteiger partial charge in [0.15, 0.2) is 6.10 Å². The number of carboxylic acid groups (broad SMARTS) is 1. The molecular weight excluding hydrogens is 335 g/mol. The zero-order chi connectivity index (χ0) is 17.1. The molecule has 0 heterocycles. The van der Waals surface area contributed by atoms with Crippen LogP contribution in [0.2, 0.25) is 10.0 Å². The van der Waals surface area contributed by atoms with E-state index in [0.717, 1.165) is 16.7 Å². The normalized spacial score (nSPS) is 12.0. The van der Waals surface area contributed by atoms with E-state index in [1.165, 1.54) is 0 Å². The van der Waals surface area contributed by atoms with Gasteiger partial charge in [0.2, 0.25) is 0 Å². The first kappa shape index (κ1) is 17.6. The van der Waals surface area contributed by atoms with Gasteiger partial charge < -0.3 is 9.84 Å². The first-order chi connectivity index (χ1) is 10.8. The fourth-order valence-corrected chi connectivity index (χ4v) is 2.76. The van der Waals surface area contributed by atoms with E-state index in [1.54, 1.807) is 18.2 Å². The van der Waals surface area contributed by atoms with Gasteiger partial charge in [-0.1, -0.05) is 41.4 Å². The minimum absolute atomic E-state index is 0.140. The van der Waals surface area contributed by atoms with E-state index >= 15 is 0 Å². The van der Waals surface area contributed by atoms with Crippen molar-refractivity contribution in [3.8, 4) is 5.75 Å². The Morgan fingerprint density at radius 3 is 2.57 bits per heavy atom. The van der Waals surface area contributed by atoms with Crippen LogP contribution in [0.4, 0.5) is 0 Å². The Bertz CT molecular complexity index is 741. The summed E-state index contributed by atoms with van der Waals surface area (Å²) >= 11 is 12.1. The molecule has 0 unspecified atom stereocenters. The monoisotopic (exact) mass is 352 g/mol. The molecule has 0 saturated carbocycles. The molecule has 1 N–H and O–H groups in total. The fourth-order valence-electron chi connectivity index (χ4n) is 2.36. The lowest BCUT2D eigenvalue weighted by Gasteiger charge is -2.19. The third kappa shape index (κ3) is 4.18. The highest BCUT2D eigenvalue weighted by atomic mass is 35.5. The van der Waals surface area contributed by atoms with Gasteiger partial charge in [-0.05, 0) is 55.2 Å². The molecule has 0 fully saturated rings. The first-order valence-corrected chi connectivity index (χ1v) is 7.95. The van der Waals surface area contributed by atoms with Crippen LogP contribution in [0.25, 0.3) is 0 Å². The molecule has 0 aliphatic rings. The van der Waals surface area contributed by atoms with Crippen molar-refractivity contribution in [2.24, 2.45) is 0 Å². The second-order valence-electron chi connectivity index (χ2n) is 5.57. The molecule has 23 heavy (non-hydrogen) atoms. The van der Waals surface area contributed by atoms with Crippen LogP contribution in [-0.2, 0) is 11.2 Å². The summed E-state index contributed by atoms with van der Waals surface area (Å²) in [5, 5.41) is 10.2. The topological polar surface area (TPSA) is 46.5 Å². The number of benzene rings is 2. The highest BCUT2D eigenvalue weighted by Crippen LogP contribution is 2.29. The van der Waals surface area contributed by atoms with Crippen LogP contribution in [0.15, 0.2) is 30.3 Å². The summed E-state index contributed by atoms with van der Waals surface area (Å²) in [6.07, 6.45) is -0.896. The van der Waals surface area contributed by atoms with Gasteiger partial charge in [0.05, 0.1) is 10.0 Å². The Balaban J connectivity index is 2.30. The molecule has 122 valence electrons. The molecule has 2 aromatic carbocycles. The van der Waals surface area contributed by atoms with Crippen molar-refractivity contribution in [3.05, 3.63) is 62.6 Å². The van der Waals surface area contributed by atoms with Crippen molar-refractivity contribution in [2.75, 3.05) is 0 Å². The highest BCUT2D eigenvalue weighted by molar-refractivity contribution is 6.42. The van der Waals surface area contributed by atoms with Gasteiger partial charge in [0.25, 0.3) is 0 Å². The molecule has 0 radical (unpaired) electrons. The fraction of sp³-hybridized carbons (Fsp3) is 0.278. The molecule has 2 aromatic rings. The minimum Gasteiger partial charge on any atom is -0.478 e. The van der Waals surface area contributed by atoms with Crippen molar-refractivity contribution in [2.45, 2.75) is 33.3 Å². The van der Waals surface area contributed by atoms with Gasteiger partial charge in [0, 0.05) is 6.42 Å². The molecule has 0 bridgehead atoms. The van der Waals surface area contributed by atoms with Crippen molar-refractivity contribution in [3.63, 3.8) is 0 Å². The van der Waals surface area contributed by atoms with Crippen LogP contribution < -0.4 is 4.74 Å². The number of rotatable bonds is 5. The summed E-state index contributed by atoms with van der Waals surface area (Å²) in [7, 11) is 0. The lowest BCUT2D eigenvalue weighted by molar-refractivity contribution is -0.145. The second kappa shape index (κ2) is 7.24. The zero-order valence-electron chi connectivity index (χ0n) is 13.2. The number of hydrogen-bond acceptors (Lipinski definition) is 2. The summed E-state index contributed by atoms with van der Waals surface area (Å²) < 4.78 is 5.77. The van der Waals surface area contributed by atoms with E-state index < -0.39 is 12.1 Å². The van der Waals surface area contributed by atoms with Crippen LogP contribution in [0, 0.1) is 20.8 Å². The molecule has 5 heteroatoms. The van der Waals surface area contributed by atoms with Gasteiger partial charge in [0.1, 0.15) is 5.75 Å². The van der Waals surface area contributed by atoms with Crippen LogP contribution >= 0.6 is 23.2 Å². The summed E-state index contributed by atoms with van der Waals surface area (Å²) in [6, 6.07) is 9.04. The molecule has 0 amide bonds. The predicted molar refractivity (Wildman–Crippen MR) is 92.9 cm³/mol. The number of hydrogen-bond donors (Lipinski definition) is 1. The zero-order valence-corrected chi connectivity index (χ0v) is 14.7. The quantitative estimate of drug-likeness (QED) is 0.823. The Kier molecular flexibility index (Phi) is 5.55. The van der Waals surface area contributed by atoms with E-state index in [0.29, 0.717) is 21.4 Å². The Labute approximate surface area is 145 Å². The molecule has 0 aliphatic heterocycles. The van der Waals surface area contributed by atoms with Gasteiger partial charge in [-0.2, -0.15) is 0 Å². The van der Waals surface area contributed by atoms with E-state index in [-0.39, 0.29) is 6.42 Å². The molecule has 2 rings (SSSR count). The number of ether oxygens (including phenoxy) is 1. The van der Waals surface area contributed by atoms with Gasteiger partial charge >= 0.3 is 5.97 Å². The summed E-state index contributed by atoms with van der Waals surface area (Å²) in [6.45, 7) is 5.83. The van der Waals surface area contributed by atoms with E-state index in [2.05, 4.69) is 0 Å². The maximum atomic E-state index is 11.6. The maximum Gasteiger partial charge on any atom is 0.345 e. The van der Waals surface area contributed by atoms with Crippen LogP contribution in [-0.4, -0.2) is 17.2 Å². The SMILES string of the molecule is Cc1cc(C)c(C)c(O[C@H](Cc2cccc(Cl)c2Cl)C(=O)O)c1. The van der Waals surface area contributed by atoms with Crippen molar-refractivity contribution in [1.29, 1.82) is 0 Å². The average Bonchev–Trinajstić information content (AvgIpc) is 2.47. The predicted octanol–water partition coefficient (Wildman–Crippen LogP) is 4.99. The van der Waals surface area contributed by atoms with Gasteiger partial charge in [-0.3, -0.25) is 0 Å². The van der Waals surface area contributed by atoms with Crippen LogP contribution in [0.5, 0.6) is 5.75 Å². The van der Waals surface area contributed by atoms with E-state index in [9.17, 15) is 9.90 Å². The second-order valence-corrected chi connectivity index (χ2v) is 6.35.